The molecular formula is C15H26N2. The van der Waals surface area contributed by atoms with Crippen LogP contribution in [0, 0.1) is 11.8 Å². The van der Waals surface area contributed by atoms with Gasteiger partial charge in [0.05, 0.1) is 6.33 Å². The van der Waals surface area contributed by atoms with Gasteiger partial charge in [0.25, 0.3) is 0 Å². The second kappa shape index (κ2) is 6.83. The molecule has 0 N–H and O–H groups in total. The van der Waals surface area contributed by atoms with Crippen LogP contribution < -0.4 is 0 Å². The molecule has 2 rings (SSSR count). The summed E-state index contributed by atoms with van der Waals surface area (Å²) in [4.78, 5) is 4.15. The van der Waals surface area contributed by atoms with Crippen molar-refractivity contribution in [1.29, 1.82) is 0 Å². The molecule has 1 fully saturated rings. The molecule has 1 aromatic rings. The van der Waals surface area contributed by atoms with Crippen LogP contribution in [0.1, 0.15) is 58.3 Å². The summed E-state index contributed by atoms with van der Waals surface area (Å²) in [5.41, 5.74) is 0. The van der Waals surface area contributed by atoms with Gasteiger partial charge in [0.1, 0.15) is 0 Å². The molecule has 0 amide bonds. The van der Waals surface area contributed by atoms with Gasteiger partial charge in [-0.05, 0) is 24.7 Å². The Labute approximate surface area is 105 Å². The first-order chi connectivity index (χ1) is 8.38. The van der Waals surface area contributed by atoms with Gasteiger partial charge in [-0.1, -0.05) is 45.4 Å². The lowest BCUT2D eigenvalue weighted by Gasteiger charge is -2.26. The van der Waals surface area contributed by atoms with E-state index in [-0.39, 0.29) is 0 Å². The van der Waals surface area contributed by atoms with Crippen molar-refractivity contribution in [2.75, 3.05) is 0 Å². The average molecular weight is 234 g/mol. The maximum atomic E-state index is 4.15. The molecule has 2 heteroatoms. The van der Waals surface area contributed by atoms with Gasteiger partial charge in [0, 0.05) is 18.9 Å². The van der Waals surface area contributed by atoms with Crippen molar-refractivity contribution < 1.29 is 0 Å². The van der Waals surface area contributed by atoms with Crippen molar-refractivity contribution >= 4 is 0 Å². The standard InChI is InChI=1S/C15H26N2/c1-2-6-15(12-17-10-9-16-13-17)11-14-7-4-3-5-8-14/h9-10,13-15H,2-8,11-12H2,1H3. The smallest absolute Gasteiger partial charge is 0.0945 e. The highest BCUT2D eigenvalue weighted by molar-refractivity contribution is 4.77. The molecule has 0 aromatic carbocycles. The van der Waals surface area contributed by atoms with Crippen LogP contribution in [0.4, 0.5) is 0 Å². The molecule has 2 nitrogen and oxygen atoms in total. The van der Waals surface area contributed by atoms with Crippen molar-refractivity contribution in [3.8, 4) is 0 Å². The van der Waals surface area contributed by atoms with Crippen molar-refractivity contribution in [1.82, 2.24) is 9.55 Å². The summed E-state index contributed by atoms with van der Waals surface area (Å²) >= 11 is 0. The molecule has 0 bridgehead atoms. The molecule has 0 radical (unpaired) electrons. The molecule has 1 heterocycles. The van der Waals surface area contributed by atoms with Crippen molar-refractivity contribution in [2.24, 2.45) is 11.8 Å². The Hall–Kier alpha value is -0.790. The SMILES string of the molecule is CCCC(CC1CCCCC1)Cn1ccnc1. The summed E-state index contributed by atoms with van der Waals surface area (Å²) in [6.07, 6.45) is 17.4. The molecule has 1 atom stereocenters. The molecule has 1 saturated carbocycles. The quantitative estimate of drug-likeness (QED) is 0.718. The third-order valence-corrected chi connectivity index (χ3v) is 4.12. The molecule has 17 heavy (non-hydrogen) atoms. The van der Waals surface area contributed by atoms with E-state index in [2.05, 4.69) is 22.7 Å². The highest BCUT2D eigenvalue weighted by atomic mass is 15.0. The van der Waals surface area contributed by atoms with Crippen LogP contribution in [-0.2, 0) is 6.54 Å². The lowest BCUT2D eigenvalue weighted by Crippen LogP contribution is -2.16. The van der Waals surface area contributed by atoms with Gasteiger partial charge in [-0.2, -0.15) is 0 Å². The van der Waals surface area contributed by atoms with Crippen LogP contribution in [0.5, 0.6) is 0 Å². The Bertz CT molecular complexity index is 286. The fourth-order valence-corrected chi connectivity index (χ4v) is 3.28. The zero-order valence-corrected chi connectivity index (χ0v) is 11.1. The fraction of sp³-hybridized carbons (Fsp3) is 0.800. The van der Waals surface area contributed by atoms with Crippen molar-refractivity contribution in [3.63, 3.8) is 0 Å². The van der Waals surface area contributed by atoms with E-state index in [1.54, 1.807) is 0 Å². The number of rotatable bonds is 6. The Morgan fingerprint density at radius 1 is 1.29 bits per heavy atom. The van der Waals surface area contributed by atoms with Crippen LogP contribution in [0.15, 0.2) is 18.7 Å². The average Bonchev–Trinajstić information content (AvgIpc) is 2.83. The van der Waals surface area contributed by atoms with Crippen LogP contribution in [0.3, 0.4) is 0 Å². The lowest BCUT2D eigenvalue weighted by atomic mass is 9.81. The minimum Gasteiger partial charge on any atom is -0.337 e. The normalized spacial score (nSPS) is 19.4. The van der Waals surface area contributed by atoms with E-state index in [1.165, 1.54) is 57.9 Å². The van der Waals surface area contributed by atoms with E-state index in [0.717, 1.165) is 11.8 Å². The Kier molecular flexibility index (Phi) is 5.08. The van der Waals surface area contributed by atoms with Crippen LogP contribution in [-0.4, -0.2) is 9.55 Å². The van der Waals surface area contributed by atoms with Gasteiger partial charge in [-0.25, -0.2) is 4.98 Å². The van der Waals surface area contributed by atoms with E-state index < -0.39 is 0 Å². The van der Waals surface area contributed by atoms with Crippen molar-refractivity contribution in [2.45, 2.75) is 64.8 Å². The fourth-order valence-electron chi connectivity index (χ4n) is 3.28. The number of hydrogen-bond acceptors (Lipinski definition) is 1. The second-order valence-electron chi connectivity index (χ2n) is 5.65. The van der Waals surface area contributed by atoms with E-state index in [0.29, 0.717) is 0 Å². The number of hydrogen-bond donors (Lipinski definition) is 0. The largest absolute Gasteiger partial charge is 0.337 e. The molecule has 1 aliphatic rings. The van der Waals surface area contributed by atoms with Crippen LogP contribution >= 0.6 is 0 Å². The van der Waals surface area contributed by atoms with Crippen LogP contribution in [0.2, 0.25) is 0 Å². The summed E-state index contributed by atoms with van der Waals surface area (Å²) in [6.45, 7) is 3.48. The van der Waals surface area contributed by atoms with Gasteiger partial charge in [0.15, 0.2) is 0 Å². The minimum absolute atomic E-state index is 0.859. The third kappa shape index (κ3) is 4.18. The van der Waals surface area contributed by atoms with E-state index >= 15 is 0 Å². The van der Waals surface area contributed by atoms with Gasteiger partial charge in [-0.15, -0.1) is 0 Å². The van der Waals surface area contributed by atoms with Gasteiger partial charge < -0.3 is 4.57 Å². The highest BCUT2D eigenvalue weighted by Gasteiger charge is 2.18. The Morgan fingerprint density at radius 2 is 2.12 bits per heavy atom. The lowest BCUT2D eigenvalue weighted by molar-refractivity contribution is 0.259. The summed E-state index contributed by atoms with van der Waals surface area (Å²) in [7, 11) is 0. The molecule has 0 aliphatic heterocycles. The predicted molar refractivity (Wildman–Crippen MR) is 71.8 cm³/mol. The Balaban J connectivity index is 1.83. The molecule has 1 aromatic heterocycles. The van der Waals surface area contributed by atoms with E-state index in [9.17, 15) is 0 Å². The Morgan fingerprint density at radius 3 is 2.76 bits per heavy atom. The van der Waals surface area contributed by atoms with Gasteiger partial charge in [-0.3, -0.25) is 0 Å². The third-order valence-electron chi connectivity index (χ3n) is 4.12. The summed E-state index contributed by atoms with van der Waals surface area (Å²) in [5.74, 6) is 1.86. The number of imidazole rings is 1. The number of aromatic nitrogens is 2. The van der Waals surface area contributed by atoms with Gasteiger partial charge in [0.2, 0.25) is 0 Å². The van der Waals surface area contributed by atoms with Crippen LogP contribution in [0.25, 0.3) is 0 Å². The molecule has 1 unspecified atom stereocenters. The molecule has 1 aliphatic carbocycles. The summed E-state index contributed by atoms with van der Waals surface area (Å²) < 4.78 is 2.25. The first-order valence-electron chi connectivity index (χ1n) is 7.34. The minimum atomic E-state index is 0.859. The first kappa shape index (κ1) is 12.7. The maximum absolute atomic E-state index is 4.15. The monoisotopic (exact) mass is 234 g/mol. The molecule has 0 spiro atoms. The van der Waals surface area contributed by atoms with Crippen molar-refractivity contribution in [3.05, 3.63) is 18.7 Å². The summed E-state index contributed by atoms with van der Waals surface area (Å²) in [5, 5.41) is 0. The molecule has 0 saturated heterocycles. The van der Waals surface area contributed by atoms with Gasteiger partial charge >= 0.3 is 0 Å². The molecule has 96 valence electrons. The second-order valence-corrected chi connectivity index (χ2v) is 5.65. The van der Waals surface area contributed by atoms with E-state index in [4.69, 9.17) is 0 Å². The van der Waals surface area contributed by atoms with E-state index in [1.807, 2.05) is 12.5 Å². The topological polar surface area (TPSA) is 17.8 Å². The molecular weight excluding hydrogens is 208 g/mol. The highest BCUT2D eigenvalue weighted by Crippen LogP contribution is 2.31. The predicted octanol–water partition coefficient (Wildman–Crippen LogP) is 4.27. The number of nitrogens with zero attached hydrogens (tertiary/aromatic N) is 2. The maximum Gasteiger partial charge on any atom is 0.0945 e. The first-order valence-corrected chi connectivity index (χ1v) is 7.34. The zero-order chi connectivity index (χ0) is 11.9. The summed E-state index contributed by atoms with van der Waals surface area (Å²) in [6, 6.07) is 0. The zero-order valence-electron chi connectivity index (χ0n) is 11.1.